The highest BCUT2D eigenvalue weighted by molar-refractivity contribution is 6.30. The summed E-state index contributed by atoms with van der Waals surface area (Å²) < 4.78 is 5.80. The highest BCUT2D eigenvalue weighted by atomic mass is 35.5. The molecule has 1 saturated carbocycles. The Morgan fingerprint density at radius 2 is 2.12 bits per heavy atom. The zero-order chi connectivity index (χ0) is 18.2. The third-order valence-electron chi connectivity index (χ3n) is 4.55. The van der Waals surface area contributed by atoms with E-state index >= 15 is 0 Å². The zero-order valence-corrected chi connectivity index (χ0v) is 15.5. The number of allylic oxidation sites excluding steroid dienone is 2. The monoisotopic (exact) mass is 386 g/mol. The molecule has 0 bridgehead atoms. The maximum Gasteiger partial charge on any atom is 0.303 e. The Bertz CT molecular complexity index is 591. The molecule has 0 unspecified atom stereocenters. The second-order valence-electron chi connectivity index (χ2n) is 6.41. The standard InChI is InChI=1S/C19H24Cl2O4/c20-13-6-5-7-14(10-13)25-12-16-15(17(21)11-18(16)22)8-3-1-2-4-9-19(23)24/h1,3,5-7,10,15-18,22H,2,4,8-9,11-12H2,(H,23,24)/b3-1-/t15-,16-,17-,18-/m1/s1. The third-order valence-corrected chi connectivity index (χ3v) is 5.29. The van der Waals surface area contributed by atoms with E-state index in [1.54, 1.807) is 12.1 Å². The SMILES string of the molecule is O=C(O)CCC/C=C\C[C@@H]1[C@@H](COc2cccc(Cl)c2)[C@H](O)C[C@H]1Cl. The van der Waals surface area contributed by atoms with Crippen LogP contribution in [0, 0.1) is 11.8 Å². The molecule has 0 spiro atoms. The number of unbranched alkanes of at least 4 members (excludes halogenated alkanes) is 1. The summed E-state index contributed by atoms with van der Waals surface area (Å²) in [7, 11) is 0. The minimum Gasteiger partial charge on any atom is -0.493 e. The number of rotatable bonds is 9. The van der Waals surface area contributed by atoms with Crippen LogP contribution in [-0.2, 0) is 4.79 Å². The van der Waals surface area contributed by atoms with Gasteiger partial charge in [0.1, 0.15) is 5.75 Å². The van der Waals surface area contributed by atoms with Gasteiger partial charge in [-0.3, -0.25) is 4.79 Å². The molecule has 4 nitrogen and oxygen atoms in total. The second-order valence-corrected chi connectivity index (χ2v) is 7.41. The first kappa shape index (κ1) is 20.1. The number of carboxylic acids is 1. The summed E-state index contributed by atoms with van der Waals surface area (Å²) in [5.41, 5.74) is 0. The van der Waals surface area contributed by atoms with Gasteiger partial charge >= 0.3 is 5.97 Å². The molecular formula is C19H24Cl2O4. The highest BCUT2D eigenvalue weighted by Gasteiger charge is 2.41. The number of aliphatic hydroxyl groups excluding tert-OH is 1. The van der Waals surface area contributed by atoms with Gasteiger partial charge in [-0.1, -0.05) is 29.8 Å². The summed E-state index contributed by atoms with van der Waals surface area (Å²) in [5, 5.41) is 19.4. The lowest BCUT2D eigenvalue weighted by Gasteiger charge is -2.22. The molecule has 1 aliphatic carbocycles. The van der Waals surface area contributed by atoms with Crippen LogP contribution in [-0.4, -0.2) is 34.3 Å². The number of benzene rings is 1. The van der Waals surface area contributed by atoms with Crippen LogP contribution in [0.2, 0.25) is 5.02 Å². The zero-order valence-electron chi connectivity index (χ0n) is 14.0. The number of carbonyl (C=O) groups is 1. The fourth-order valence-electron chi connectivity index (χ4n) is 3.18. The van der Waals surface area contributed by atoms with Gasteiger partial charge in [-0.2, -0.15) is 0 Å². The molecule has 25 heavy (non-hydrogen) atoms. The Kier molecular flexibility index (Phi) is 8.07. The first-order valence-corrected chi connectivity index (χ1v) is 9.36. The van der Waals surface area contributed by atoms with E-state index in [0.29, 0.717) is 30.2 Å². The van der Waals surface area contributed by atoms with Gasteiger partial charge in [0, 0.05) is 22.7 Å². The van der Waals surface area contributed by atoms with E-state index in [9.17, 15) is 9.90 Å². The topological polar surface area (TPSA) is 66.8 Å². The molecule has 0 heterocycles. The average Bonchev–Trinajstić information content (AvgIpc) is 2.82. The van der Waals surface area contributed by atoms with E-state index in [1.807, 2.05) is 24.3 Å². The smallest absolute Gasteiger partial charge is 0.303 e. The fourth-order valence-corrected chi connectivity index (χ4v) is 3.84. The Morgan fingerprint density at radius 1 is 1.32 bits per heavy atom. The van der Waals surface area contributed by atoms with E-state index in [0.717, 1.165) is 12.8 Å². The lowest BCUT2D eigenvalue weighted by molar-refractivity contribution is -0.137. The van der Waals surface area contributed by atoms with Gasteiger partial charge in [0.05, 0.1) is 12.7 Å². The van der Waals surface area contributed by atoms with E-state index < -0.39 is 12.1 Å². The van der Waals surface area contributed by atoms with E-state index in [4.69, 9.17) is 33.0 Å². The fraction of sp³-hybridized carbons (Fsp3) is 0.526. The summed E-state index contributed by atoms with van der Waals surface area (Å²) in [5.74, 6) is 0.00350. The molecule has 0 radical (unpaired) electrons. The van der Waals surface area contributed by atoms with Crippen molar-refractivity contribution in [3.8, 4) is 5.75 Å². The molecule has 1 fully saturated rings. The normalized spacial score (nSPS) is 26.2. The molecule has 1 aliphatic rings. The van der Waals surface area contributed by atoms with E-state index in [2.05, 4.69) is 0 Å². The van der Waals surface area contributed by atoms with E-state index in [1.165, 1.54) is 0 Å². The minimum atomic E-state index is -0.772. The molecule has 2 rings (SSSR count). The van der Waals surface area contributed by atoms with E-state index in [-0.39, 0.29) is 23.6 Å². The largest absolute Gasteiger partial charge is 0.493 e. The van der Waals surface area contributed by atoms with Crippen molar-refractivity contribution < 1.29 is 19.7 Å². The van der Waals surface area contributed by atoms with Gasteiger partial charge in [-0.15, -0.1) is 11.6 Å². The Balaban J connectivity index is 1.84. The van der Waals surface area contributed by atoms with Crippen LogP contribution in [0.25, 0.3) is 0 Å². The maximum absolute atomic E-state index is 10.5. The Hall–Kier alpha value is -1.23. The van der Waals surface area contributed by atoms with Crippen molar-refractivity contribution in [2.24, 2.45) is 11.8 Å². The van der Waals surface area contributed by atoms with Crippen LogP contribution in [0.15, 0.2) is 36.4 Å². The Morgan fingerprint density at radius 3 is 2.84 bits per heavy atom. The van der Waals surface area contributed by atoms with Gasteiger partial charge in [0.25, 0.3) is 0 Å². The molecule has 4 atom stereocenters. The summed E-state index contributed by atoms with van der Waals surface area (Å²) in [4.78, 5) is 10.5. The third kappa shape index (κ3) is 6.53. The summed E-state index contributed by atoms with van der Waals surface area (Å²) >= 11 is 12.4. The number of halogens is 2. The van der Waals surface area contributed by atoms with Gasteiger partial charge in [-0.25, -0.2) is 0 Å². The predicted molar refractivity (Wildman–Crippen MR) is 99.4 cm³/mol. The number of hydrogen-bond donors (Lipinski definition) is 2. The summed E-state index contributed by atoms with van der Waals surface area (Å²) in [6, 6.07) is 7.19. The lowest BCUT2D eigenvalue weighted by atomic mass is 9.92. The van der Waals surface area contributed by atoms with Gasteiger partial charge in [0.15, 0.2) is 0 Å². The molecule has 0 aromatic heterocycles. The van der Waals surface area contributed by atoms with Crippen LogP contribution in [0.5, 0.6) is 5.75 Å². The first-order valence-electron chi connectivity index (χ1n) is 8.54. The molecular weight excluding hydrogens is 363 g/mol. The van der Waals surface area contributed by atoms with Crippen LogP contribution in [0.3, 0.4) is 0 Å². The van der Waals surface area contributed by atoms with Crippen molar-refractivity contribution in [2.45, 2.75) is 43.6 Å². The van der Waals surface area contributed by atoms with Crippen molar-refractivity contribution in [2.75, 3.05) is 6.61 Å². The molecule has 1 aromatic carbocycles. The summed E-state index contributed by atoms with van der Waals surface area (Å²) in [6.45, 7) is 0.391. The van der Waals surface area contributed by atoms with Crippen LogP contribution >= 0.6 is 23.2 Å². The predicted octanol–water partition coefficient (Wildman–Crippen LogP) is 4.52. The molecule has 1 aromatic rings. The maximum atomic E-state index is 10.5. The van der Waals surface area contributed by atoms with Crippen molar-refractivity contribution in [1.29, 1.82) is 0 Å². The van der Waals surface area contributed by atoms with Crippen molar-refractivity contribution in [1.82, 2.24) is 0 Å². The minimum absolute atomic E-state index is 0.0369. The van der Waals surface area contributed by atoms with Crippen LogP contribution < -0.4 is 4.74 Å². The highest BCUT2D eigenvalue weighted by Crippen LogP contribution is 2.39. The molecule has 6 heteroatoms. The van der Waals surface area contributed by atoms with Gasteiger partial charge in [-0.05, 0) is 49.8 Å². The Labute approximate surface area is 158 Å². The second kappa shape index (κ2) is 10.0. The van der Waals surface area contributed by atoms with Crippen molar-refractivity contribution >= 4 is 29.2 Å². The quantitative estimate of drug-likeness (QED) is 0.371. The number of carboxylic acid groups (broad SMARTS) is 1. The first-order chi connectivity index (χ1) is 12.0. The van der Waals surface area contributed by atoms with Crippen LogP contribution in [0.1, 0.15) is 32.1 Å². The molecule has 0 amide bonds. The summed E-state index contributed by atoms with van der Waals surface area (Å²) in [6.07, 6.45) is 6.40. The number of hydrogen-bond acceptors (Lipinski definition) is 3. The van der Waals surface area contributed by atoms with Gasteiger partial charge < -0.3 is 14.9 Å². The van der Waals surface area contributed by atoms with Crippen LogP contribution in [0.4, 0.5) is 0 Å². The molecule has 0 saturated heterocycles. The molecule has 138 valence electrons. The van der Waals surface area contributed by atoms with Crippen molar-refractivity contribution in [3.05, 3.63) is 41.4 Å². The molecule has 2 N–H and O–H groups in total. The van der Waals surface area contributed by atoms with Crippen molar-refractivity contribution in [3.63, 3.8) is 0 Å². The lowest BCUT2D eigenvalue weighted by Crippen LogP contribution is -2.27. The average molecular weight is 387 g/mol. The number of alkyl halides is 1. The molecule has 0 aliphatic heterocycles. The number of aliphatic hydroxyl groups is 1. The van der Waals surface area contributed by atoms with Gasteiger partial charge in [0.2, 0.25) is 0 Å². The number of aliphatic carboxylic acids is 1. The number of ether oxygens (including phenoxy) is 1.